The standard InChI is InChI=1S/C12H13NO5S/c1-19(16,17)18-13-11(14)8-10(12(13)15)7-9-5-3-2-4-6-9/h2-6,10H,7-8H2,1H3/t10-/m0/s1. The first-order valence-electron chi connectivity index (χ1n) is 5.67. The van der Waals surface area contributed by atoms with E-state index in [0.29, 0.717) is 11.5 Å². The van der Waals surface area contributed by atoms with E-state index in [1.807, 2.05) is 30.3 Å². The summed E-state index contributed by atoms with van der Waals surface area (Å²) in [5.41, 5.74) is 0.912. The van der Waals surface area contributed by atoms with E-state index in [-0.39, 0.29) is 6.42 Å². The number of amides is 2. The summed E-state index contributed by atoms with van der Waals surface area (Å²) in [7, 11) is -3.89. The lowest BCUT2D eigenvalue weighted by molar-refractivity contribution is -0.164. The average Bonchev–Trinajstić information content (AvgIpc) is 2.57. The molecule has 0 saturated carbocycles. The summed E-state index contributed by atoms with van der Waals surface area (Å²) in [5, 5.41) is 0.350. The zero-order chi connectivity index (χ0) is 14.0. The number of rotatable bonds is 4. The lowest BCUT2D eigenvalue weighted by Crippen LogP contribution is -2.33. The van der Waals surface area contributed by atoms with Gasteiger partial charge in [-0.15, -0.1) is 9.35 Å². The number of carbonyl (C=O) groups is 2. The number of carbonyl (C=O) groups excluding carboxylic acids is 2. The first-order chi connectivity index (χ1) is 8.87. The topological polar surface area (TPSA) is 80.8 Å². The van der Waals surface area contributed by atoms with Crippen molar-refractivity contribution in [2.75, 3.05) is 6.26 Å². The van der Waals surface area contributed by atoms with Gasteiger partial charge in [0, 0.05) is 6.42 Å². The first kappa shape index (κ1) is 13.7. The zero-order valence-electron chi connectivity index (χ0n) is 10.3. The van der Waals surface area contributed by atoms with Crippen molar-refractivity contribution < 1.29 is 22.3 Å². The predicted octanol–water partition coefficient (Wildman–Crippen LogP) is 0.495. The number of hydroxylamine groups is 2. The molecule has 1 fully saturated rings. The highest BCUT2D eigenvalue weighted by atomic mass is 32.2. The SMILES string of the molecule is CS(=O)(=O)ON1C(=O)C[C@H](Cc2ccccc2)C1=O. The molecule has 1 aliphatic rings. The summed E-state index contributed by atoms with van der Waals surface area (Å²) in [5.74, 6) is -1.81. The smallest absolute Gasteiger partial charge is 0.272 e. The summed E-state index contributed by atoms with van der Waals surface area (Å²) in [4.78, 5) is 23.5. The van der Waals surface area contributed by atoms with Crippen molar-refractivity contribution in [3.05, 3.63) is 35.9 Å². The molecule has 1 saturated heterocycles. The molecule has 1 heterocycles. The van der Waals surface area contributed by atoms with Crippen LogP contribution < -0.4 is 0 Å². The molecule has 1 aliphatic heterocycles. The van der Waals surface area contributed by atoms with Crippen LogP contribution in [-0.4, -0.2) is 31.6 Å². The molecule has 7 heteroatoms. The fraction of sp³-hybridized carbons (Fsp3) is 0.333. The summed E-state index contributed by atoms with van der Waals surface area (Å²) in [6.07, 6.45) is 1.14. The van der Waals surface area contributed by atoms with Crippen molar-refractivity contribution in [2.24, 2.45) is 5.92 Å². The fourth-order valence-corrected chi connectivity index (χ4v) is 2.37. The Labute approximate surface area is 111 Å². The van der Waals surface area contributed by atoms with Crippen molar-refractivity contribution in [2.45, 2.75) is 12.8 Å². The second-order valence-corrected chi connectivity index (χ2v) is 5.95. The van der Waals surface area contributed by atoms with E-state index >= 15 is 0 Å². The molecule has 2 amide bonds. The zero-order valence-corrected chi connectivity index (χ0v) is 11.1. The van der Waals surface area contributed by atoms with E-state index in [1.165, 1.54) is 0 Å². The molecule has 19 heavy (non-hydrogen) atoms. The summed E-state index contributed by atoms with van der Waals surface area (Å²) >= 11 is 0. The van der Waals surface area contributed by atoms with Gasteiger partial charge in [0.25, 0.3) is 21.9 Å². The minimum Gasteiger partial charge on any atom is -0.272 e. The number of hydrogen-bond donors (Lipinski definition) is 0. The van der Waals surface area contributed by atoms with Crippen molar-refractivity contribution in [1.29, 1.82) is 0 Å². The van der Waals surface area contributed by atoms with Gasteiger partial charge in [-0.25, -0.2) is 0 Å². The average molecular weight is 283 g/mol. The van der Waals surface area contributed by atoms with E-state index in [4.69, 9.17) is 0 Å². The Kier molecular flexibility index (Phi) is 3.68. The van der Waals surface area contributed by atoms with E-state index in [1.54, 1.807) is 0 Å². The van der Waals surface area contributed by atoms with E-state index in [2.05, 4.69) is 4.28 Å². The van der Waals surface area contributed by atoms with Gasteiger partial charge in [-0.1, -0.05) is 30.3 Å². The largest absolute Gasteiger partial charge is 0.285 e. The number of hydrogen-bond acceptors (Lipinski definition) is 5. The van der Waals surface area contributed by atoms with Crippen molar-refractivity contribution in [3.8, 4) is 0 Å². The van der Waals surface area contributed by atoms with Crippen LogP contribution in [-0.2, 0) is 30.4 Å². The van der Waals surface area contributed by atoms with Gasteiger partial charge in [0.1, 0.15) is 0 Å². The van der Waals surface area contributed by atoms with Gasteiger partial charge in [0.05, 0.1) is 12.2 Å². The highest BCUT2D eigenvalue weighted by Crippen LogP contribution is 2.24. The molecule has 0 spiro atoms. The number of imide groups is 1. The lowest BCUT2D eigenvalue weighted by atomic mass is 9.98. The Morgan fingerprint density at radius 3 is 2.47 bits per heavy atom. The molecule has 0 unspecified atom stereocenters. The van der Waals surface area contributed by atoms with Crippen molar-refractivity contribution in [3.63, 3.8) is 0 Å². The molecule has 0 aromatic heterocycles. The summed E-state index contributed by atoms with van der Waals surface area (Å²) in [6.45, 7) is 0. The van der Waals surface area contributed by atoms with Crippen LogP contribution in [0.4, 0.5) is 0 Å². The number of benzene rings is 1. The van der Waals surface area contributed by atoms with Crippen LogP contribution in [0.25, 0.3) is 0 Å². The van der Waals surface area contributed by atoms with E-state index < -0.39 is 27.9 Å². The third-order valence-electron chi connectivity index (χ3n) is 2.73. The van der Waals surface area contributed by atoms with Gasteiger partial charge in [-0.3, -0.25) is 9.59 Å². The van der Waals surface area contributed by atoms with Crippen molar-refractivity contribution >= 4 is 21.9 Å². The highest BCUT2D eigenvalue weighted by molar-refractivity contribution is 7.85. The molecular weight excluding hydrogens is 270 g/mol. The Balaban J connectivity index is 2.10. The molecule has 0 bridgehead atoms. The van der Waals surface area contributed by atoms with Gasteiger partial charge >= 0.3 is 0 Å². The molecule has 1 atom stereocenters. The second kappa shape index (κ2) is 5.10. The molecule has 0 aliphatic carbocycles. The number of nitrogens with zero attached hydrogens (tertiary/aromatic N) is 1. The molecule has 0 N–H and O–H groups in total. The molecule has 102 valence electrons. The maximum absolute atomic E-state index is 11.9. The van der Waals surface area contributed by atoms with Gasteiger partial charge in [-0.2, -0.15) is 8.42 Å². The maximum Gasteiger partial charge on any atom is 0.285 e. The first-order valence-corrected chi connectivity index (χ1v) is 7.49. The van der Waals surface area contributed by atoms with Crippen LogP contribution >= 0.6 is 0 Å². The fourth-order valence-electron chi connectivity index (χ4n) is 1.94. The van der Waals surface area contributed by atoms with Crippen LogP contribution in [0.15, 0.2) is 30.3 Å². The molecule has 1 aromatic rings. The summed E-state index contributed by atoms with van der Waals surface area (Å²) in [6, 6.07) is 9.21. The van der Waals surface area contributed by atoms with Gasteiger partial charge in [0.15, 0.2) is 0 Å². The minimum atomic E-state index is -3.89. The summed E-state index contributed by atoms with van der Waals surface area (Å²) < 4.78 is 26.3. The normalized spacial score (nSPS) is 20.1. The molecule has 1 aromatic carbocycles. The lowest BCUT2D eigenvalue weighted by Gasteiger charge is -2.12. The highest BCUT2D eigenvalue weighted by Gasteiger charge is 2.41. The van der Waals surface area contributed by atoms with Gasteiger partial charge < -0.3 is 0 Å². The Bertz CT molecular complexity index is 596. The minimum absolute atomic E-state index is 0.0384. The van der Waals surface area contributed by atoms with Crippen LogP contribution in [0.5, 0.6) is 0 Å². The Hall–Kier alpha value is -1.73. The molecule has 2 rings (SSSR count). The van der Waals surface area contributed by atoms with E-state index in [9.17, 15) is 18.0 Å². The van der Waals surface area contributed by atoms with E-state index in [0.717, 1.165) is 11.8 Å². The van der Waals surface area contributed by atoms with Crippen molar-refractivity contribution in [1.82, 2.24) is 5.06 Å². The molecular formula is C12H13NO5S. The Morgan fingerprint density at radius 2 is 1.89 bits per heavy atom. The second-order valence-electron chi connectivity index (χ2n) is 4.40. The molecule has 0 radical (unpaired) electrons. The third-order valence-corrected chi connectivity index (χ3v) is 3.15. The van der Waals surface area contributed by atoms with Crippen LogP contribution in [0.2, 0.25) is 0 Å². The third kappa shape index (κ3) is 3.39. The molecule has 6 nitrogen and oxygen atoms in total. The monoisotopic (exact) mass is 283 g/mol. The van der Waals surface area contributed by atoms with Gasteiger partial charge in [-0.05, 0) is 12.0 Å². The predicted molar refractivity (Wildman–Crippen MR) is 66.0 cm³/mol. The Morgan fingerprint density at radius 1 is 1.26 bits per heavy atom. The van der Waals surface area contributed by atoms with Crippen LogP contribution in [0, 0.1) is 5.92 Å². The maximum atomic E-state index is 11.9. The van der Waals surface area contributed by atoms with Crippen LogP contribution in [0.1, 0.15) is 12.0 Å². The quantitative estimate of drug-likeness (QED) is 0.751. The van der Waals surface area contributed by atoms with Crippen LogP contribution in [0.3, 0.4) is 0 Å². The van der Waals surface area contributed by atoms with Gasteiger partial charge in [0.2, 0.25) is 0 Å².